The first-order chi connectivity index (χ1) is 38.9. The number of rotatable bonds is 2. The van der Waals surface area contributed by atoms with E-state index in [2.05, 4.69) is 121 Å². The molecule has 1 fully saturated rings. The van der Waals surface area contributed by atoms with Gasteiger partial charge in [0.05, 0.1) is 39.0 Å². The number of fused-ring (bicyclic) bond motifs is 24. The summed E-state index contributed by atoms with van der Waals surface area (Å²) >= 11 is 0. The molecule has 6 heteroatoms. The Hall–Kier alpha value is -9.26. The van der Waals surface area contributed by atoms with Gasteiger partial charge in [-0.2, -0.15) is 0 Å². The number of ketones is 2. The first-order valence-electron chi connectivity index (χ1n) is 28.0. The molecular formula is C73H42F2N2O2. The first-order valence-corrected chi connectivity index (χ1v) is 28.0. The molecule has 0 saturated heterocycles. The summed E-state index contributed by atoms with van der Waals surface area (Å²) in [4.78, 5) is 30.2. The fraction of sp³-hybridized carbons (Fsp3) is 0.123. The maximum atomic E-state index is 19.7. The molecule has 0 aliphatic heterocycles. The first kappa shape index (κ1) is 41.8. The largest absolute Gasteiger partial charge is 0.305 e. The summed E-state index contributed by atoms with van der Waals surface area (Å²) in [5, 5.41) is 9.03. The molecule has 3 atom stereocenters. The Morgan fingerprint density at radius 3 is 1.54 bits per heavy atom. The normalized spacial score (nSPS) is 20.9. The van der Waals surface area contributed by atoms with Crippen LogP contribution in [0.4, 0.5) is 8.78 Å². The molecule has 4 aromatic heterocycles. The molecule has 6 aliphatic rings. The molecule has 0 amide bonds. The molecule has 1 spiro atoms. The number of hydrogen-bond donors (Lipinski definition) is 0. The molecule has 6 aliphatic carbocycles. The minimum Gasteiger partial charge on any atom is -0.305 e. The molecule has 370 valence electrons. The summed E-state index contributed by atoms with van der Waals surface area (Å²) in [6.45, 7) is 0. The average molecular weight is 1020 g/mol. The summed E-state index contributed by atoms with van der Waals surface area (Å²) in [6.07, 6.45) is 3.68. The number of hydrogen-bond acceptors (Lipinski definition) is 2. The molecule has 11 aromatic carbocycles. The summed E-state index contributed by atoms with van der Waals surface area (Å²) in [5.74, 6) is -0.973. The zero-order valence-corrected chi connectivity index (χ0v) is 42.4. The van der Waals surface area contributed by atoms with Crippen molar-refractivity contribution in [3.05, 3.63) is 238 Å². The quantitative estimate of drug-likeness (QED) is 0.173. The fourth-order valence-electron chi connectivity index (χ4n) is 17.5. The SMILES string of the molecule is O=C1c2cc3c(cc2C2CCC1CC2)c1cc2c(-c4ccccc4)cccc2c2c4c(F)c5c(c(F)c4n3c12)c1cc2c(-c3ccccc3)cccc2c2c3cc4c(cc3n5c12)C(=O)C1c2ccccc2C12c1ccccc1C42. The van der Waals surface area contributed by atoms with Crippen LogP contribution in [0, 0.1) is 17.6 Å². The minimum atomic E-state index is -0.516. The van der Waals surface area contributed by atoms with Crippen LogP contribution >= 0.6 is 0 Å². The number of aromatic nitrogens is 2. The van der Waals surface area contributed by atoms with E-state index in [-0.39, 0.29) is 57.0 Å². The Labute approximate surface area is 449 Å². The van der Waals surface area contributed by atoms with Crippen LogP contribution in [-0.4, -0.2) is 20.4 Å². The Kier molecular flexibility index (Phi) is 7.35. The molecule has 21 rings (SSSR count). The van der Waals surface area contributed by atoms with Crippen LogP contribution in [0.25, 0.3) is 120 Å². The highest BCUT2D eigenvalue weighted by molar-refractivity contribution is 6.37. The Bertz CT molecular complexity index is 5410. The van der Waals surface area contributed by atoms with Crippen molar-refractivity contribution < 1.29 is 18.4 Å². The number of Topliss-reactive ketones (excluding diaryl/α,β-unsaturated/α-hetero) is 2. The summed E-state index contributed by atoms with van der Waals surface area (Å²) < 4.78 is 43.3. The van der Waals surface area contributed by atoms with Gasteiger partial charge in [-0.3, -0.25) is 9.59 Å². The van der Waals surface area contributed by atoms with Crippen LogP contribution in [-0.2, 0) is 5.41 Å². The molecule has 4 nitrogen and oxygen atoms in total. The van der Waals surface area contributed by atoms with Gasteiger partial charge in [0.25, 0.3) is 0 Å². The van der Waals surface area contributed by atoms with E-state index < -0.39 is 17.0 Å². The molecular weight excluding hydrogens is 975 g/mol. The third kappa shape index (κ3) is 4.57. The van der Waals surface area contributed by atoms with Crippen LogP contribution in [0.1, 0.15) is 97.5 Å². The third-order valence-electron chi connectivity index (χ3n) is 20.6. The highest BCUT2D eigenvalue weighted by Gasteiger charge is 2.69. The number of halogens is 2. The van der Waals surface area contributed by atoms with E-state index in [0.717, 1.165) is 124 Å². The number of benzene rings is 11. The zero-order valence-electron chi connectivity index (χ0n) is 42.4. The highest BCUT2D eigenvalue weighted by Crippen LogP contribution is 2.74. The van der Waals surface area contributed by atoms with E-state index in [1.54, 1.807) is 0 Å². The molecule has 15 aromatic rings. The molecule has 1 saturated carbocycles. The van der Waals surface area contributed by atoms with Crippen molar-refractivity contribution in [3.63, 3.8) is 0 Å². The lowest BCUT2D eigenvalue weighted by molar-refractivity contribution is 0.0846. The van der Waals surface area contributed by atoms with Crippen LogP contribution in [0.3, 0.4) is 0 Å². The van der Waals surface area contributed by atoms with E-state index in [1.807, 2.05) is 69.5 Å². The van der Waals surface area contributed by atoms with E-state index in [1.165, 1.54) is 16.7 Å². The van der Waals surface area contributed by atoms with Crippen LogP contribution in [0.5, 0.6) is 0 Å². The molecule has 4 heterocycles. The van der Waals surface area contributed by atoms with Gasteiger partial charge in [-0.05, 0) is 145 Å². The molecule has 0 N–H and O–H groups in total. The number of carbonyl (C=O) groups is 2. The van der Waals surface area contributed by atoms with E-state index >= 15 is 13.6 Å². The third-order valence-corrected chi connectivity index (χ3v) is 20.6. The van der Waals surface area contributed by atoms with Gasteiger partial charge < -0.3 is 8.80 Å². The smallest absolute Gasteiger partial charge is 0.171 e. The van der Waals surface area contributed by atoms with Gasteiger partial charge in [0.15, 0.2) is 23.2 Å². The Morgan fingerprint density at radius 1 is 0.354 bits per heavy atom. The number of carbonyl (C=O) groups excluding carboxylic acids is 2. The minimum absolute atomic E-state index is 0.0348. The molecule has 2 bridgehead atoms. The maximum Gasteiger partial charge on any atom is 0.171 e. The average Bonchev–Trinajstić information content (AvgIpc) is 2.28. The van der Waals surface area contributed by atoms with Gasteiger partial charge in [0.1, 0.15) is 0 Å². The predicted octanol–water partition coefficient (Wildman–Crippen LogP) is 18.1. The lowest BCUT2D eigenvalue weighted by atomic mass is 9.36. The Morgan fingerprint density at radius 2 is 0.873 bits per heavy atom. The highest BCUT2D eigenvalue weighted by atomic mass is 19.1. The van der Waals surface area contributed by atoms with Gasteiger partial charge in [-0.25, -0.2) is 8.78 Å². The lowest BCUT2D eigenvalue weighted by Gasteiger charge is -2.64. The second-order valence-electron chi connectivity index (χ2n) is 23.7. The summed E-state index contributed by atoms with van der Waals surface area (Å²) in [6, 6.07) is 63.1. The van der Waals surface area contributed by atoms with Crippen molar-refractivity contribution in [2.75, 3.05) is 0 Å². The second kappa shape index (κ2) is 13.9. The van der Waals surface area contributed by atoms with Gasteiger partial charge in [-0.1, -0.05) is 146 Å². The molecule has 3 unspecified atom stereocenters. The summed E-state index contributed by atoms with van der Waals surface area (Å²) in [5.41, 5.74) is 15.0. The molecule has 0 radical (unpaired) electrons. The zero-order chi connectivity index (χ0) is 51.6. The van der Waals surface area contributed by atoms with Gasteiger partial charge >= 0.3 is 0 Å². The standard InChI is InChI=1S/C73H42F2N2O2/c74-65-61-54-31-47-40(36-15-5-2-6-16-36)19-11-21-41(47)59-53-32-49-52(72(79)64-44-18-8-10-24-56(44)73(64)55-23-9-7-17-43(55)63(49)73)34-58(53)77(68(54)59)69(61)66(75)62-60-42-22-12-20-39(35-13-3-1-4-14-35)46(42)30-50-48-29-45-37-25-27-38(28-26-37)71(78)51(45)33-57(48)76(67(50)60)70(62)65/h1-24,29-34,37-38,63-64H,25-28H2. The van der Waals surface area contributed by atoms with Crippen LogP contribution in [0.15, 0.2) is 182 Å². The van der Waals surface area contributed by atoms with E-state index in [4.69, 9.17) is 0 Å². The van der Waals surface area contributed by atoms with E-state index in [9.17, 15) is 4.79 Å². The predicted molar refractivity (Wildman–Crippen MR) is 313 cm³/mol. The monoisotopic (exact) mass is 1020 g/mol. The van der Waals surface area contributed by atoms with Crippen molar-refractivity contribution in [1.82, 2.24) is 8.80 Å². The Balaban J connectivity index is 0.990. The number of nitrogens with zero attached hydrogens (tertiary/aromatic N) is 2. The van der Waals surface area contributed by atoms with Gasteiger partial charge in [0, 0.05) is 71.5 Å². The van der Waals surface area contributed by atoms with Crippen molar-refractivity contribution in [2.24, 2.45) is 5.92 Å². The van der Waals surface area contributed by atoms with Crippen molar-refractivity contribution in [1.29, 1.82) is 0 Å². The maximum absolute atomic E-state index is 19.7. The van der Waals surface area contributed by atoms with Crippen LogP contribution < -0.4 is 0 Å². The topological polar surface area (TPSA) is 43.0 Å². The van der Waals surface area contributed by atoms with Gasteiger partial charge in [-0.15, -0.1) is 0 Å². The summed E-state index contributed by atoms with van der Waals surface area (Å²) in [7, 11) is 0. The van der Waals surface area contributed by atoms with Crippen molar-refractivity contribution in [2.45, 2.75) is 48.9 Å². The van der Waals surface area contributed by atoms with E-state index in [0.29, 0.717) is 27.4 Å². The van der Waals surface area contributed by atoms with Crippen molar-refractivity contribution in [3.8, 4) is 22.3 Å². The van der Waals surface area contributed by atoms with Crippen molar-refractivity contribution >= 4 is 109 Å². The fourth-order valence-corrected chi connectivity index (χ4v) is 17.5. The van der Waals surface area contributed by atoms with Crippen LogP contribution in [0.2, 0.25) is 0 Å². The lowest BCUT2D eigenvalue weighted by Crippen LogP contribution is -2.61. The van der Waals surface area contributed by atoms with Gasteiger partial charge in [0.2, 0.25) is 0 Å². The molecule has 79 heavy (non-hydrogen) atoms. The second-order valence-corrected chi connectivity index (χ2v) is 23.7.